The van der Waals surface area contributed by atoms with Gasteiger partial charge in [0, 0.05) is 31.1 Å². The maximum atomic E-state index is 11.7. The standard InChI is InChI=1S/C12H22N2O2S/c15-12(14-10-3-5-16-6-4-10)9-13-8-11-2-1-7-17-11/h10-11,13H,1-9H2,(H,14,15). The van der Waals surface area contributed by atoms with Crippen LogP contribution in [0.4, 0.5) is 0 Å². The molecule has 98 valence electrons. The summed E-state index contributed by atoms with van der Waals surface area (Å²) < 4.78 is 5.26. The van der Waals surface area contributed by atoms with E-state index >= 15 is 0 Å². The quantitative estimate of drug-likeness (QED) is 0.765. The molecular formula is C12H22N2O2S. The number of rotatable bonds is 5. The summed E-state index contributed by atoms with van der Waals surface area (Å²) in [5, 5.41) is 7.02. The summed E-state index contributed by atoms with van der Waals surface area (Å²) in [5.41, 5.74) is 0. The van der Waals surface area contributed by atoms with E-state index in [-0.39, 0.29) is 5.91 Å². The van der Waals surface area contributed by atoms with E-state index in [1.807, 2.05) is 11.8 Å². The van der Waals surface area contributed by atoms with Crippen molar-refractivity contribution in [1.82, 2.24) is 10.6 Å². The van der Waals surface area contributed by atoms with Gasteiger partial charge in [0.1, 0.15) is 0 Å². The van der Waals surface area contributed by atoms with Gasteiger partial charge in [-0.15, -0.1) is 0 Å². The van der Waals surface area contributed by atoms with Crippen molar-refractivity contribution in [2.75, 3.05) is 32.1 Å². The summed E-state index contributed by atoms with van der Waals surface area (Å²) in [7, 11) is 0. The highest BCUT2D eigenvalue weighted by atomic mass is 32.2. The number of thioether (sulfide) groups is 1. The molecule has 5 heteroatoms. The van der Waals surface area contributed by atoms with Crippen molar-refractivity contribution in [1.29, 1.82) is 0 Å². The summed E-state index contributed by atoms with van der Waals surface area (Å²) >= 11 is 2.02. The lowest BCUT2D eigenvalue weighted by atomic mass is 10.1. The third kappa shape index (κ3) is 4.85. The first-order chi connectivity index (χ1) is 8.34. The van der Waals surface area contributed by atoms with Crippen molar-refractivity contribution in [3.05, 3.63) is 0 Å². The summed E-state index contributed by atoms with van der Waals surface area (Å²) in [5.74, 6) is 1.40. The summed E-state index contributed by atoms with van der Waals surface area (Å²) in [6.07, 6.45) is 4.51. The smallest absolute Gasteiger partial charge is 0.234 e. The third-order valence-corrected chi connectivity index (χ3v) is 4.67. The predicted octanol–water partition coefficient (Wildman–Crippen LogP) is 0.767. The van der Waals surface area contributed by atoms with E-state index in [2.05, 4.69) is 10.6 Å². The van der Waals surface area contributed by atoms with Crippen molar-refractivity contribution < 1.29 is 9.53 Å². The lowest BCUT2D eigenvalue weighted by molar-refractivity contribution is -0.121. The Kier molecular flexibility index (Phi) is 5.61. The Bertz CT molecular complexity index is 239. The molecule has 0 aliphatic carbocycles. The minimum Gasteiger partial charge on any atom is -0.381 e. The zero-order valence-corrected chi connectivity index (χ0v) is 11.1. The van der Waals surface area contributed by atoms with E-state index in [4.69, 9.17) is 4.74 Å². The molecule has 1 atom stereocenters. The largest absolute Gasteiger partial charge is 0.381 e. The van der Waals surface area contributed by atoms with E-state index in [0.717, 1.165) is 32.6 Å². The molecule has 2 rings (SSSR count). The van der Waals surface area contributed by atoms with Gasteiger partial charge in [-0.3, -0.25) is 4.79 Å². The Morgan fingerprint density at radius 2 is 2.12 bits per heavy atom. The lowest BCUT2D eigenvalue weighted by Crippen LogP contribution is -2.43. The average Bonchev–Trinajstić information content (AvgIpc) is 2.83. The first kappa shape index (κ1) is 13.2. The molecule has 0 saturated carbocycles. The average molecular weight is 258 g/mol. The van der Waals surface area contributed by atoms with Crippen LogP contribution in [-0.4, -0.2) is 49.3 Å². The topological polar surface area (TPSA) is 50.4 Å². The van der Waals surface area contributed by atoms with Gasteiger partial charge < -0.3 is 15.4 Å². The molecule has 0 aromatic carbocycles. The summed E-state index contributed by atoms with van der Waals surface area (Å²) in [6.45, 7) is 2.97. The number of carbonyl (C=O) groups excluding carboxylic acids is 1. The molecule has 0 aromatic rings. The molecule has 17 heavy (non-hydrogen) atoms. The van der Waals surface area contributed by atoms with Crippen LogP contribution in [-0.2, 0) is 9.53 Å². The van der Waals surface area contributed by atoms with Crippen molar-refractivity contribution in [2.45, 2.75) is 37.0 Å². The van der Waals surface area contributed by atoms with Crippen LogP contribution in [0.5, 0.6) is 0 Å². The zero-order valence-electron chi connectivity index (χ0n) is 10.2. The van der Waals surface area contributed by atoms with Crippen LogP contribution in [0.3, 0.4) is 0 Å². The molecule has 2 aliphatic rings. The van der Waals surface area contributed by atoms with Gasteiger partial charge in [-0.05, 0) is 31.4 Å². The number of hydrogen-bond donors (Lipinski definition) is 2. The Balaban J connectivity index is 1.53. The van der Waals surface area contributed by atoms with Gasteiger partial charge in [0.2, 0.25) is 5.91 Å². The molecule has 0 bridgehead atoms. The van der Waals surface area contributed by atoms with Gasteiger partial charge in [-0.1, -0.05) is 0 Å². The van der Waals surface area contributed by atoms with Crippen molar-refractivity contribution in [3.63, 3.8) is 0 Å². The van der Waals surface area contributed by atoms with E-state index in [0.29, 0.717) is 17.8 Å². The zero-order chi connectivity index (χ0) is 11.9. The third-order valence-electron chi connectivity index (χ3n) is 3.27. The fraction of sp³-hybridized carbons (Fsp3) is 0.917. The lowest BCUT2D eigenvalue weighted by Gasteiger charge is -2.23. The molecule has 2 fully saturated rings. The predicted molar refractivity (Wildman–Crippen MR) is 70.3 cm³/mol. The molecule has 2 N–H and O–H groups in total. The molecule has 0 spiro atoms. The molecule has 2 aliphatic heterocycles. The Morgan fingerprint density at radius 3 is 2.82 bits per heavy atom. The molecule has 4 nitrogen and oxygen atoms in total. The maximum Gasteiger partial charge on any atom is 0.234 e. The number of nitrogens with one attached hydrogen (secondary N) is 2. The molecule has 1 amide bonds. The normalized spacial score (nSPS) is 26.0. The minimum absolute atomic E-state index is 0.125. The van der Waals surface area contributed by atoms with Crippen molar-refractivity contribution >= 4 is 17.7 Å². The van der Waals surface area contributed by atoms with Crippen LogP contribution in [0.2, 0.25) is 0 Å². The van der Waals surface area contributed by atoms with Crippen molar-refractivity contribution in [2.24, 2.45) is 0 Å². The van der Waals surface area contributed by atoms with E-state index < -0.39 is 0 Å². The minimum atomic E-state index is 0.125. The second kappa shape index (κ2) is 7.24. The van der Waals surface area contributed by atoms with Gasteiger partial charge >= 0.3 is 0 Å². The van der Waals surface area contributed by atoms with Crippen LogP contribution >= 0.6 is 11.8 Å². The van der Waals surface area contributed by atoms with Gasteiger partial charge in [-0.2, -0.15) is 11.8 Å². The highest BCUT2D eigenvalue weighted by molar-refractivity contribution is 8.00. The molecule has 2 heterocycles. The maximum absolute atomic E-state index is 11.7. The molecular weight excluding hydrogens is 236 g/mol. The van der Waals surface area contributed by atoms with Crippen LogP contribution < -0.4 is 10.6 Å². The van der Waals surface area contributed by atoms with Crippen LogP contribution in [0, 0.1) is 0 Å². The SMILES string of the molecule is O=C(CNCC1CCCS1)NC1CCOCC1. The van der Waals surface area contributed by atoms with E-state index in [9.17, 15) is 4.79 Å². The molecule has 0 radical (unpaired) electrons. The fourth-order valence-electron chi connectivity index (χ4n) is 2.27. The first-order valence-electron chi connectivity index (χ1n) is 6.54. The number of hydrogen-bond acceptors (Lipinski definition) is 4. The Hall–Kier alpha value is -0.260. The van der Waals surface area contributed by atoms with Crippen LogP contribution in [0.15, 0.2) is 0 Å². The monoisotopic (exact) mass is 258 g/mol. The molecule has 1 unspecified atom stereocenters. The van der Waals surface area contributed by atoms with Crippen molar-refractivity contribution in [3.8, 4) is 0 Å². The highest BCUT2D eigenvalue weighted by Crippen LogP contribution is 2.25. The molecule has 2 saturated heterocycles. The van der Waals surface area contributed by atoms with Gasteiger partial charge in [0.15, 0.2) is 0 Å². The Labute approximate surface area is 107 Å². The van der Waals surface area contributed by atoms with E-state index in [1.54, 1.807) is 0 Å². The first-order valence-corrected chi connectivity index (χ1v) is 7.59. The van der Waals surface area contributed by atoms with Gasteiger partial charge in [0.05, 0.1) is 6.54 Å². The fourth-order valence-corrected chi connectivity index (χ4v) is 3.51. The highest BCUT2D eigenvalue weighted by Gasteiger charge is 2.17. The Morgan fingerprint density at radius 1 is 1.29 bits per heavy atom. The second-order valence-corrected chi connectivity index (χ2v) is 6.13. The van der Waals surface area contributed by atoms with Crippen LogP contribution in [0.1, 0.15) is 25.7 Å². The molecule has 0 aromatic heterocycles. The number of amides is 1. The van der Waals surface area contributed by atoms with E-state index in [1.165, 1.54) is 18.6 Å². The summed E-state index contributed by atoms with van der Waals surface area (Å²) in [6, 6.07) is 0.318. The van der Waals surface area contributed by atoms with Gasteiger partial charge in [0.25, 0.3) is 0 Å². The van der Waals surface area contributed by atoms with Gasteiger partial charge in [-0.25, -0.2) is 0 Å². The number of carbonyl (C=O) groups is 1. The summed E-state index contributed by atoms with van der Waals surface area (Å²) in [4.78, 5) is 11.7. The van der Waals surface area contributed by atoms with Crippen LogP contribution in [0.25, 0.3) is 0 Å². The second-order valence-electron chi connectivity index (χ2n) is 4.72. The number of ether oxygens (including phenoxy) is 1.